The molecule has 0 unspecified atom stereocenters. The lowest BCUT2D eigenvalue weighted by Crippen LogP contribution is -2.42. The molecule has 0 saturated heterocycles. The van der Waals surface area contributed by atoms with Gasteiger partial charge in [0.1, 0.15) is 12.4 Å². The number of amides is 2. The maximum atomic E-state index is 13.1. The summed E-state index contributed by atoms with van der Waals surface area (Å²) in [5.74, 6) is 0.941. The van der Waals surface area contributed by atoms with Gasteiger partial charge in [-0.2, -0.15) is 0 Å². The first-order valence-electron chi connectivity index (χ1n) is 10.4. The molecule has 3 rings (SSSR count). The van der Waals surface area contributed by atoms with E-state index in [1.165, 1.54) is 6.08 Å². The van der Waals surface area contributed by atoms with Gasteiger partial charge in [-0.1, -0.05) is 44.2 Å². The highest BCUT2D eigenvalue weighted by atomic mass is 16.5. The Kier molecular flexibility index (Phi) is 6.60. The zero-order valence-corrected chi connectivity index (χ0v) is 18.1. The van der Waals surface area contributed by atoms with E-state index in [0.717, 1.165) is 17.7 Å². The van der Waals surface area contributed by atoms with Crippen molar-refractivity contribution in [2.45, 2.75) is 34.1 Å². The molecule has 1 aliphatic rings. The highest BCUT2D eigenvalue weighted by molar-refractivity contribution is 6.03. The van der Waals surface area contributed by atoms with E-state index in [-0.39, 0.29) is 11.8 Å². The molecule has 5 nitrogen and oxygen atoms in total. The molecule has 2 amide bonds. The Bertz CT molecular complexity index is 933. The van der Waals surface area contributed by atoms with Crippen LogP contribution in [0.15, 0.2) is 54.6 Å². The molecular formula is C25H30N2O3. The summed E-state index contributed by atoms with van der Waals surface area (Å²) in [6, 6.07) is 15.1. The molecule has 158 valence electrons. The molecule has 30 heavy (non-hydrogen) atoms. The smallest absolute Gasteiger partial charge is 0.248 e. The third-order valence-electron chi connectivity index (χ3n) is 5.09. The number of carbonyl (C=O) groups excluding carboxylic acids is 2. The van der Waals surface area contributed by atoms with Crippen molar-refractivity contribution in [1.82, 2.24) is 0 Å². The topological polar surface area (TPSA) is 58.6 Å². The van der Waals surface area contributed by atoms with Gasteiger partial charge in [0.25, 0.3) is 0 Å². The summed E-state index contributed by atoms with van der Waals surface area (Å²) in [6.07, 6.45) is 4.18. The van der Waals surface area contributed by atoms with E-state index in [1.54, 1.807) is 12.1 Å². The Hall–Kier alpha value is -3.08. The van der Waals surface area contributed by atoms with Gasteiger partial charge < -0.3 is 15.0 Å². The number of hydrogen-bond acceptors (Lipinski definition) is 3. The van der Waals surface area contributed by atoms with E-state index < -0.39 is 5.41 Å². The van der Waals surface area contributed by atoms with Gasteiger partial charge in [0.15, 0.2) is 0 Å². The lowest BCUT2D eigenvalue weighted by atomic mass is 9.92. The van der Waals surface area contributed by atoms with Crippen LogP contribution < -0.4 is 15.0 Å². The molecular weight excluding hydrogens is 376 g/mol. The SMILES string of the molecule is CC(C)CCN1C(=O)C(C)(C)COc2cc(NC(=O)/C=C/c3ccccc3)ccc21. The monoisotopic (exact) mass is 406 g/mol. The molecule has 0 spiro atoms. The fourth-order valence-corrected chi connectivity index (χ4v) is 3.25. The minimum Gasteiger partial charge on any atom is -0.490 e. The standard InChI is InChI=1S/C25H30N2O3/c1-18(2)14-15-27-21-12-11-20(16-22(21)30-17-25(3,4)24(27)29)26-23(28)13-10-19-8-6-5-7-9-19/h5-13,16,18H,14-15,17H2,1-4H3,(H,26,28)/b13-10+. The number of carbonyl (C=O) groups is 2. The normalized spacial score (nSPS) is 15.6. The van der Waals surface area contributed by atoms with E-state index >= 15 is 0 Å². The number of hydrogen-bond donors (Lipinski definition) is 1. The van der Waals surface area contributed by atoms with Gasteiger partial charge in [-0.25, -0.2) is 0 Å². The number of nitrogens with one attached hydrogen (secondary N) is 1. The van der Waals surface area contributed by atoms with E-state index in [9.17, 15) is 9.59 Å². The fourth-order valence-electron chi connectivity index (χ4n) is 3.25. The average molecular weight is 407 g/mol. The van der Waals surface area contributed by atoms with E-state index in [0.29, 0.717) is 30.5 Å². The van der Waals surface area contributed by atoms with Crippen LogP contribution in [-0.4, -0.2) is 25.0 Å². The molecule has 0 saturated carbocycles. The van der Waals surface area contributed by atoms with Crippen LogP contribution in [-0.2, 0) is 9.59 Å². The number of anilines is 2. The molecule has 0 radical (unpaired) electrons. The summed E-state index contributed by atoms with van der Waals surface area (Å²) in [4.78, 5) is 27.2. The van der Waals surface area contributed by atoms with E-state index in [1.807, 2.05) is 61.2 Å². The highest BCUT2D eigenvalue weighted by Crippen LogP contribution is 2.38. The van der Waals surface area contributed by atoms with Crippen molar-refractivity contribution in [1.29, 1.82) is 0 Å². The second kappa shape index (κ2) is 9.16. The van der Waals surface area contributed by atoms with Gasteiger partial charge in [0.05, 0.1) is 11.1 Å². The minimum absolute atomic E-state index is 0.0597. The predicted octanol–water partition coefficient (Wildman–Crippen LogP) is 5.14. The molecule has 1 heterocycles. The van der Waals surface area contributed by atoms with Crippen LogP contribution in [0.5, 0.6) is 5.75 Å². The third-order valence-corrected chi connectivity index (χ3v) is 5.09. The molecule has 2 aromatic rings. The molecule has 0 aromatic heterocycles. The zero-order valence-electron chi connectivity index (χ0n) is 18.1. The van der Waals surface area contributed by atoms with Gasteiger partial charge in [-0.15, -0.1) is 0 Å². The summed E-state index contributed by atoms with van der Waals surface area (Å²) in [6.45, 7) is 9.03. The van der Waals surface area contributed by atoms with Crippen LogP contribution in [0.1, 0.15) is 39.7 Å². The van der Waals surface area contributed by atoms with Crippen molar-refractivity contribution < 1.29 is 14.3 Å². The van der Waals surface area contributed by atoms with E-state index in [4.69, 9.17) is 4.74 Å². The van der Waals surface area contributed by atoms with Crippen molar-refractivity contribution in [3.63, 3.8) is 0 Å². The maximum Gasteiger partial charge on any atom is 0.248 e. The van der Waals surface area contributed by atoms with Crippen LogP contribution in [0.2, 0.25) is 0 Å². The fraction of sp³-hybridized carbons (Fsp3) is 0.360. The third kappa shape index (κ3) is 5.29. The van der Waals surface area contributed by atoms with Crippen molar-refractivity contribution in [2.24, 2.45) is 11.3 Å². The van der Waals surface area contributed by atoms with Crippen molar-refractivity contribution in [2.75, 3.05) is 23.4 Å². The largest absolute Gasteiger partial charge is 0.490 e. The van der Waals surface area contributed by atoms with Gasteiger partial charge >= 0.3 is 0 Å². The van der Waals surface area contributed by atoms with Crippen LogP contribution in [0.25, 0.3) is 6.08 Å². The minimum atomic E-state index is -0.613. The maximum absolute atomic E-state index is 13.1. The molecule has 0 fully saturated rings. The van der Waals surface area contributed by atoms with Crippen LogP contribution in [0.4, 0.5) is 11.4 Å². The van der Waals surface area contributed by atoms with Crippen molar-refractivity contribution in [3.05, 3.63) is 60.2 Å². The highest BCUT2D eigenvalue weighted by Gasteiger charge is 2.37. The molecule has 1 aliphatic heterocycles. The summed E-state index contributed by atoms with van der Waals surface area (Å²) in [5.41, 5.74) is 1.73. The number of nitrogens with zero attached hydrogens (tertiary/aromatic N) is 1. The summed E-state index contributed by atoms with van der Waals surface area (Å²) in [5, 5.41) is 2.87. The van der Waals surface area contributed by atoms with Crippen molar-refractivity contribution >= 4 is 29.3 Å². The van der Waals surface area contributed by atoms with Crippen LogP contribution in [0.3, 0.4) is 0 Å². The second-order valence-electron chi connectivity index (χ2n) is 8.73. The number of ether oxygens (including phenoxy) is 1. The summed E-state index contributed by atoms with van der Waals surface area (Å²) in [7, 11) is 0. The molecule has 2 aromatic carbocycles. The Morgan fingerprint density at radius 2 is 1.93 bits per heavy atom. The van der Waals surface area contributed by atoms with Crippen LogP contribution in [0, 0.1) is 11.3 Å². The molecule has 0 aliphatic carbocycles. The number of rotatable bonds is 6. The Morgan fingerprint density at radius 1 is 1.20 bits per heavy atom. The summed E-state index contributed by atoms with van der Waals surface area (Å²) < 4.78 is 5.99. The quantitative estimate of drug-likeness (QED) is 0.676. The molecule has 0 bridgehead atoms. The van der Waals surface area contributed by atoms with Gasteiger partial charge in [-0.05, 0) is 50.0 Å². The lowest BCUT2D eigenvalue weighted by Gasteiger charge is -2.28. The first-order chi connectivity index (χ1) is 14.3. The molecule has 5 heteroatoms. The predicted molar refractivity (Wildman–Crippen MR) is 122 cm³/mol. The lowest BCUT2D eigenvalue weighted by molar-refractivity contribution is -0.127. The second-order valence-corrected chi connectivity index (χ2v) is 8.73. The number of benzene rings is 2. The van der Waals surface area contributed by atoms with Crippen LogP contribution >= 0.6 is 0 Å². The van der Waals surface area contributed by atoms with Gasteiger partial charge in [-0.3, -0.25) is 9.59 Å². The number of fused-ring (bicyclic) bond motifs is 1. The van der Waals surface area contributed by atoms with Gasteiger partial charge in [0, 0.05) is 24.4 Å². The summed E-state index contributed by atoms with van der Waals surface area (Å²) >= 11 is 0. The molecule has 0 atom stereocenters. The Morgan fingerprint density at radius 3 is 2.63 bits per heavy atom. The van der Waals surface area contributed by atoms with Gasteiger partial charge in [0.2, 0.25) is 11.8 Å². The first-order valence-corrected chi connectivity index (χ1v) is 10.4. The van der Waals surface area contributed by atoms with Crippen molar-refractivity contribution in [3.8, 4) is 5.75 Å². The first kappa shape index (κ1) is 21.6. The zero-order chi connectivity index (χ0) is 21.7. The molecule has 1 N–H and O–H groups in total. The Balaban J connectivity index is 1.79. The van der Waals surface area contributed by atoms with E-state index in [2.05, 4.69) is 19.2 Å². The average Bonchev–Trinajstić information content (AvgIpc) is 2.80. The Labute approximate surface area is 178 Å².